The van der Waals surface area contributed by atoms with Crippen molar-refractivity contribution in [3.8, 4) is 0 Å². The van der Waals surface area contributed by atoms with Crippen LogP contribution in [-0.4, -0.2) is 27.5 Å². The predicted molar refractivity (Wildman–Crippen MR) is 75.2 cm³/mol. The molecule has 0 radical (unpaired) electrons. The van der Waals surface area contributed by atoms with Gasteiger partial charge in [-0.15, -0.1) is 0 Å². The van der Waals surface area contributed by atoms with Crippen molar-refractivity contribution >= 4 is 23.5 Å². The van der Waals surface area contributed by atoms with E-state index in [9.17, 15) is 0 Å². The zero-order chi connectivity index (χ0) is 12.7. The number of thioether (sulfide) groups is 1. The highest BCUT2D eigenvalue weighted by atomic mass is 32.2. The Bertz CT molecular complexity index is 332. The summed E-state index contributed by atoms with van der Waals surface area (Å²) in [7, 11) is 0. The molecule has 0 aromatic carbocycles. The molecule has 96 valence electrons. The van der Waals surface area contributed by atoms with E-state index in [0.717, 1.165) is 25.2 Å². The average molecular weight is 255 g/mol. The standard InChI is InChI=1S/C11H21N5S/c1-4-11(5-2,17-3)8-14-9-6-7-13-10(15-9)16-12/h6-7H,4-5,8,12H2,1-3H3,(H2,13,14,15,16). The zero-order valence-corrected chi connectivity index (χ0v) is 11.5. The van der Waals surface area contributed by atoms with Crippen LogP contribution in [0.2, 0.25) is 0 Å². The smallest absolute Gasteiger partial charge is 0.239 e. The number of hydrogen-bond acceptors (Lipinski definition) is 6. The number of anilines is 2. The lowest BCUT2D eigenvalue weighted by Gasteiger charge is -2.30. The second-order valence-corrected chi connectivity index (χ2v) is 5.13. The molecule has 1 aromatic rings. The van der Waals surface area contributed by atoms with E-state index >= 15 is 0 Å². The predicted octanol–water partition coefficient (Wildman–Crippen LogP) is 2.10. The van der Waals surface area contributed by atoms with Crippen molar-refractivity contribution in [2.45, 2.75) is 31.4 Å². The molecule has 5 nitrogen and oxygen atoms in total. The Hall–Kier alpha value is -1.01. The summed E-state index contributed by atoms with van der Waals surface area (Å²) >= 11 is 1.90. The van der Waals surface area contributed by atoms with Gasteiger partial charge in [-0.05, 0) is 25.2 Å². The Kier molecular flexibility index (Phi) is 5.50. The number of hydrazine groups is 1. The van der Waals surface area contributed by atoms with E-state index in [-0.39, 0.29) is 4.75 Å². The first-order valence-corrected chi connectivity index (χ1v) is 7.01. The van der Waals surface area contributed by atoms with E-state index in [4.69, 9.17) is 5.84 Å². The minimum absolute atomic E-state index is 0.265. The van der Waals surface area contributed by atoms with Crippen LogP contribution in [0.3, 0.4) is 0 Å². The highest BCUT2D eigenvalue weighted by Gasteiger charge is 2.24. The van der Waals surface area contributed by atoms with Gasteiger partial charge in [0.2, 0.25) is 5.95 Å². The van der Waals surface area contributed by atoms with Gasteiger partial charge >= 0.3 is 0 Å². The summed E-state index contributed by atoms with van der Waals surface area (Å²) in [6.07, 6.45) is 6.10. The number of nitrogens with zero attached hydrogens (tertiary/aromatic N) is 2. The summed E-state index contributed by atoms with van der Waals surface area (Å²) in [6, 6.07) is 1.84. The largest absolute Gasteiger partial charge is 0.369 e. The van der Waals surface area contributed by atoms with E-state index in [1.807, 2.05) is 17.8 Å². The lowest BCUT2D eigenvalue weighted by molar-refractivity contribution is 0.574. The molecule has 0 aliphatic heterocycles. The van der Waals surface area contributed by atoms with E-state index in [2.05, 4.69) is 40.8 Å². The Morgan fingerprint density at radius 3 is 2.65 bits per heavy atom. The molecule has 1 aromatic heterocycles. The van der Waals surface area contributed by atoms with Gasteiger partial charge in [0, 0.05) is 17.5 Å². The summed E-state index contributed by atoms with van der Waals surface area (Å²) in [5.74, 6) is 6.50. The molecule has 0 fully saturated rings. The topological polar surface area (TPSA) is 75.9 Å². The van der Waals surface area contributed by atoms with Crippen LogP contribution in [0.15, 0.2) is 12.3 Å². The molecule has 0 aliphatic carbocycles. The second-order valence-electron chi connectivity index (χ2n) is 3.86. The summed E-state index contributed by atoms with van der Waals surface area (Å²) in [6.45, 7) is 5.32. The van der Waals surface area contributed by atoms with Gasteiger partial charge in [0.15, 0.2) is 0 Å². The number of nitrogens with two attached hydrogens (primary N) is 1. The zero-order valence-electron chi connectivity index (χ0n) is 10.7. The first kappa shape index (κ1) is 14.1. The van der Waals surface area contributed by atoms with E-state index in [1.165, 1.54) is 0 Å². The van der Waals surface area contributed by atoms with Gasteiger partial charge in [0.25, 0.3) is 0 Å². The molecule has 0 saturated carbocycles. The van der Waals surface area contributed by atoms with Crippen molar-refractivity contribution in [1.29, 1.82) is 0 Å². The molecule has 0 amide bonds. The third kappa shape index (κ3) is 3.74. The first-order valence-electron chi connectivity index (χ1n) is 5.78. The normalized spacial score (nSPS) is 11.3. The van der Waals surface area contributed by atoms with Crippen LogP contribution in [0.25, 0.3) is 0 Å². The summed E-state index contributed by atoms with van der Waals surface area (Å²) in [5, 5.41) is 3.35. The molecule has 1 rings (SSSR count). The maximum Gasteiger partial charge on any atom is 0.239 e. The van der Waals surface area contributed by atoms with Crippen molar-refractivity contribution in [2.75, 3.05) is 23.5 Å². The SMILES string of the molecule is CCC(CC)(CNc1ccnc(NN)n1)SC. The van der Waals surface area contributed by atoms with Gasteiger partial charge < -0.3 is 5.32 Å². The quantitative estimate of drug-likeness (QED) is 0.512. The van der Waals surface area contributed by atoms with Gasteiger partial charge in [-0.3, -0.25) is 5.43 Å². The molecule has 0 atom stereocenters. The van der Waals surface area contributed by atoms with E-state index in [0.29, 0.717) is 5.95 Å². The van der Waals surface area contributed by atoms with E-state index in [1.54, 1.807) is 6.20 Å². The molecule has 17 heavy (non-hydrogen) atoms. The number of hydrogen-bond donors (Lipinski definition) is 3. The van der Waals surface area contributed by atoms with Crippen LogP contribution >= 0.6 is 11.8 Å². The molecule has 4 N–H and O–H groups in total. The fourth-order valence-electron chi connectivity index (χ4n) is 1.64. The van der Waals surface area contributed by atoms with Gasteiger partial charge in [-0.1, -0.05) is 13.8 Å². The molecular weight excluding hydrogens is 234 g/mol. The van der Waals surface area contributed by atoms with Crippen molar-refractivity contribution in [3.05, 3.63) is 12.3 Å². The minimum atomic E-state index is 0.265. The van der Waals surface area contributed by atoms with Crippen LogP contribution in [0.1, 0.15) is 26.7 Å². The van der Waals surface area contributed by atoms with Crippen LogP contribution < -0.4 is 16.6 Å². The van der Waals surface area contributed by atoms with Crippen LogP contribution in [-0.2, 0) is 0 Å². The Labute approximate surface area is 107 Å². The molecule has 0 unspecified atom stereocenters. The van der Waals surface area contributed by atoms with Gasteiger partial charge in [0.05, 0.1) is 0 Å². The Morgan fingerprint density at radius 2 is 2.12 bits per heavy atom. The molecule has 0 bridgehead atoms. The van der Waals surface area contributed by atoms with Crippen molar-refractivity contribution in [1.82, 2.24) is 9.97 Å². The van der Waals surface area contributed by atoms with Crippen molar-refractivity contribution in [2.24, 2.45) is 5.84 Å². The van der Waals surface area contributed by atoms with Gasteiger partial charge in [-0.2, -0.15) is 16.7 Å². The fourth-order valence-corrected chi connectivity index (χ4v) is 2.43. The highest BCUT2D eigenvalue weighted by molar-refractivity contribution is 8.00. The number of aromatic nitrogens is 2. The minimum Gasteiger partial charge on any atom is -0.369 e. The summed E-state index contributed by atoms with van der Waals surface area (Å²) in [5.41, 5.74) is 2.44. The third-order valence-corrected chi connectivity index (χ3v) is 4.69. The number of nitrogen functional groups attached to an aromatic ring is 1. The van der Waals surface area contributed by atoms with Gasteiger partial charge in [-0.25, -0.2) is 10.8 Å². The van der Waals surface area contributed by atoms with Gasteiger partial charge in [0.1, 0.15) is 5.82 Å². The van der Waals surface area contributed by atoms with Crippen molar-refractivity contribution in [3.63, 3.8) is 0 Å². The summed E-state index contributed by atoms with van der Waals surface area (Å²) in [4.78, 5) is 8.20. The Morgan fingerprint density at radius 1 is 1.41 bits per heavy atom. The molecule has 6 heteroatoms. The Balaban J connectivity index is 2.65. The maximum absolute atomic E-state index is 5.27. The highest BCUT2D eigenvalue weighted by Crippen LogP contribution is 2.30. The molecule has 1 heterocycles. The monoisotopic (exact) mass is 255 g/mol. The van der Waals surface area contributed by atoms with E-state index < -0.39 is 0 Å². The third-order valence-electron chi connectivity index (χ3n) is 3.10. The molecule has 0 spiro atoms. The summed E-state index contributed by atoms with van der Waals surface area (Å²) < 4.78 is 0.265. The maximum atomic E-state index is 5.27. The molecule has 0 aliphatic rings. The van der Waals surface area contributed by atoms with Crippen LogP contribution in [0.4, 0.5) is 11.8 Å². The number of nitrogens with one attached hydrogen (secondary N) is 2. The first-order chi connectivity index (χ1) is 8.19. The molecular formula is C11H21N5S. The van der Waals surface area contributed by atoms with Crippen molar-refractivity contribution < 1.29 is 0 Å². The van der Waals surface area contributed by atoms with Crippen LogP contribution in [0, 0.1) is 0 Å². The number of rotatable bonds is 7. The average Bonchev–Trinajstić information content (AvgIpc) is 2.41. The molecule has 0 saturated heterocycles. The van der Waals surface area contributed by atoms with Crippen LogP contribution in [0.5, 0.6) is 0 Å². The fraction of sp³-hybridized carbons (Fsp3) is 0.636. The lowest BCUT2D eigenvalue weighted by Crippen LogP contribution is -2.32. The second kappa shape index (κ2) is 6.66. The lowest BCUT2D eigenvalue weighted by atomic mass is 10.0.